The maximum absolute atomic E-state index is 13.6. The fraction of sp³-hybridized carbons (Fsp3) is 0.710. The van der Waals surface area contributed by atoms with Crippen LogP contribution in [0, 0.1) is 0 Å². The van der Waals surface area contributed by atoms with Gasteiger partial charge in [-0.2, -0.15) is 0 Å². The lowest BCUT2D eigenvalue weighted by molar-refractivity contribution is -0.192. The second-order valence-electron chi connectivity index (χ2n) is 10.8. The molecule has 0 spiro atoms. The molecule has 0 aromatic heterocycles. The number of hydrogen-bond acceptors (Lipinski definition) is 13. The minimum atomic E-state index is -4.11. The third-order valence-electron chi connectivity index (χ3n) is 6.63. The number of nitrogens with one attached hydrogen (secondary N) is 3. The Hall–Kier alpha value is -2.66. The van der Waals surface area contributed by atoms with E-state index in [0.29, 0.717) is 45.2 Å². The number of carbonyl (C=O) groups excluding carboxylic acids is 3. The van der Waals surface area contributed by atoms with Gasteiger partial charge in [-0.05, 0) is 24.1 Å². The van der Waals surface area contributed by atoms with Crippen molar-refractivity contribution in [1.29, 1.82) is 0 Å². The zero-order chi connectivity index (χ0) is 35.6. The molecule has 2 unspecified atom stereocenters. The van der Waals surface area contributed by atoms with E-state index in [2.05, 4.69) is 16.0 Å². The maximum Gasteiger partial charge on any atom is 0.237 e. The summed E-state index contributed by atoms with van der Waals surface area (Å²) in [6.07, 6.45) is 0.0939. The molecule has 0 saturated carbocycles. The summed E-state index contributed by atoms with van der Waals surface area (Å²) in [6, 6.07) is 5.30. The van der Waals surface area contributed by atoms with Crippen LogP contribution in [0.2, 0.25) is 0 Å². The van der Waals surface area contributed by atoms with Gasteiger partial charge in [-0.15, -0.1) is 0 Å². The van der Waals surface area contributed by atoms with Gasteiger partial charge in [0.15, 0.2) is 7.60 Å². The van der Waals surface area contributed by atoms with Gasteiger partial charge in [0.05, 0.1) is 78.6 Å². The number of methoxy groups -OCH3 is 3. The highest BCUT2D eigenvalue weighted by atomic mass is 31.2. The summed E-state index contributed by atoms with van der Waals surface area (Å²) in [5, 5.41) is 8.34. The zero-order valence-corrected chi connectivity index (χ0v) is 29.8. The van der Waals surface area contributed by atoms with Gasteiger partial charge in [-0.3, -0.25) is 23.8 Å². The van der Waals surface area contributed by atoms with Gasteiger partial charge < -0.3 is 53.8 Å². The largest absolute Gasteiger partial charge is 0.769 e. The lowest BCUT2D eigenvalue weighted by atomic mass is 10.0. The third-order valence-corrected chi connectivity index (χ3v) is 8.36. The topological polar surface area (TPSA) is 195 Å². The molecule has 0 aliphatic heterocycles. The normalized spacial score (nSPS) is 13.2. The molecule has 2 atom stereocenters. The van der Waals surface area contributed by atoms with Crippen molar-refractivity contribution in [3.05, 3.63) is 29.8 Å². The zero-order valence-electron chi connectivity index (χ0n) is 28.9. The molecule has 3 amide bonds. The van der Waals surface area contributed by atoms with E-state index in [0.717, 1.165) is 0 Å². The Morgan fingerprint density at radius 3 is 1.56 bits per heavy atom. The maximum atomic E-state index is 13.6. The van der Waals surface area contributed by atoms with Crippen molar-refractivity contribution < 1.29 is 56.8 Å². The van der Waals surface area contributed by atoms with Gasteiger partial charge in [0, 0.05) is 46.6 Å². The molecule has 0 fully saturated rings. The molecule has 0 saturated heterocycles. The van der Waals surface area contributed by atoms with Crippen molar-refractivity contribution >= 4 is 25.3 Å². The molecule has 17 heteroatoms. The molecular weight excluding hydrogens is 651 g/mol. The lowest BCUT2D eigenvalue weighted by Gasteiger charge is -2.30. The van der Waals surface area contributed by atoms with Crippen LogP contribution >= 0.6 is 7.60 Å². The summed E-state index contributed by atoms with van der Waals surface area (Å²) >= 11 is 0. The van der Waals surface area contributed by atoms with E-state index in [-0.39, 0.29) is 64.7 Å². The number of nitrogens with zero attached hydrogens (tertiary/aromatic N) is 1. The van der Waals surface area contributed by atoms with Gasteiger partial charge in [0.25, 0.3) is 0 Å². The molecular formula is C31H54N4O12P-. The molecule has 0 aliphatic carbocycles. The molecule has 1 aromatic carbocycles. The summed E-state index contributed by atoms with van der Waals surface area (Å²) in [7, 11) is 0.567. The number of benzene rings is 1. The lowest BCUT2D eigenvalue weighted by Crippen LogP contribution is -2.54. The first kappa shape index (κ1) is 43.4. The van der Waals surface area contributed by atoms with Gasteiger partial charge in [-0.25, -0.2) is 0 Å². The van der Waals surface area contributed by atoms with Crippen LogP contribution in [-0.4, -0.2) is 148 Å². The molecule has 0 heterocycles. The first-order valence-corrected chi connectivity index (χ1v) is 17.5. The van der Waals surface area contributed by atoms with Crippen LogP contribution in [0.4, 0.5) is 0 Å². The predicted molar refractivity (Wildman–Crippen MR) is 176 cm³/mol. The van der Waals surface area contributed by atoms with Crippen LogP contribution in [0.3, 0.4) is 0 Å². The summed E-state index contributed by atoms with van der Waals surface area (Å²) in [5.74, 6) is -1.12. The Kier molecular flexibility index (Phi) is 23.7. The van der Waals surface area contributed by atoms with Crippen molar-refractivity contribution in [2.75, 3.05) is 114 Å². The Morgan fingerprint density at radius 1 is 0.708 bits per heavy atom. The van der Waals surface area contributed by atoms with Gasteiger partial charge in [0.1, 0.15) is 5.75 Å². The van der Waals surface area contributed by atoms with Crippen molar-refractivity contribution in [3.8, 4) is 5.75 Å². The minimum Gasteiger partial charge on any atom is -0.769 e. The number of ether oxygens (including phenoxy) is 6. The van der Waals surface area contributed by atoms with E-state index >= 15 is 0 Å². The molecule has 0 radical (unpaired) electrons. The van der Waals surface area contributed by atoms with Crippen LogP contribution in [0.25, 0.3) is 0 Å². The van der Waals surface area contributed by atoms with Gasteiger partial charge >= 0.3 is 0 Å². The average molecular weight is 706 g/mol. The van der Waals surface area contributed by atoms with Crippen molar-refractivity contribution in [3.63, 3.8) is 0 Å². The Bertz CT molecular complexity index is 1050. The van der Waals surface area contributed by atoms with E-state index in [1.54, 1.807) is 33.5 Å². The van der Waals surface area contributed by atoms with E-state index in [1.807, 2.05) is 0 Å². The van der Waals surface area contributed by atoms with E-state index in [9.17, 15) is 23.8 Å². The standard InChI is InChI=1S/C31H55N4O12P/c1-25(2)48(39,40)47-27-8-6-26(7-9-27)22-28(31(38)34-12-15-46-21-18-43-5)35(23-29(36)32-10-13-44-19-16-41-3)24-30(37)33-11-14-45-20-17-42-4/h6-9,25,28H,10-24H2,1-5H3,(H,32,36)(H,33,37)(H,34,38)(H,39,40)/p-1. The molecule has 3 N–H and O–H groups in total. The Morgan fingerprint density at radius 2 is 1.15 bits per heavy atom. The van der Waals surface area contributed by atoms with Crippen LogP contribution in [0.5, 0.6) is 5.75 Å². The van der Waals surface area contributed by atoms with Crippen LogP contribution < -0.4 is 25.4 Å². The summed E-state index contributed by atoms with van der Waals surface area (Å²) in [6.45, 7) is 6.23. The van der Waals surface area contributed by atoms with Crippen molar-refractivity contribution in [2.45, 2.75) is 32.0 Å². The highest BCUT2D eigenvalue weighted by Crippen LogP contribution is 2.43. The highest BCUT2D eigenvalue weighted by molar-refractivity contribution is 7.52. The van der Waals surface area contributed by atoms with Crippen molar-refractivity contribution in [1.82, 2.24) is 20.9 Å². The smallest absolute Gasteiger partial charge is 0.237 e. The highest BCUT2D eigenvalue weighted by Gasteiger charge is 2.30. The minimum absolute atomic E-state index is 0.0939. The number of hydrogen-bond donors (Lipinski definition) is 3. The van der Waals surface area contributed by atoms with Crippen LogP contribution in [-0.2, 0) is 53.8 Å². The summed E-state index contributed by atoms with van der Waals surface area (Å²) in [4.78, 5) is 53.4. The fourth-order valence-corrected chi connectivity index (χ4v) is 4.56. The summed E-state index contributed by atoms with van der Waals surface area (Å²) < 4.78 is 48.6. The predicted octanol–water partition coefficient (Wildman–Crippen LogP) is -0.422. The molecule has 48 heavy (non-hydrogen) atoms. The first-order chi connectivity index (χ1) is 23.0. The third kappa shape index (κ3) is 20.0. The van der Waals surface area contributed by atoms with Gasteiger partial charge in [-0.1, -0.05) is 26.0 Å². The second-order valence-corrected chi connectivity index (χ2v) is 13.1. The number of carbonyl (C=O) groups is 3. The van der Waals surface area contributed by atoms with E-state index in [1.165, 1.54) is 30.9 Å². The molecule has 0 aliphatic rings. The quantitative estimate of drug-likeness (QED) is 0.0719. The number of amides is 3. The SMILES string of the molecule is COCCOCCNC(=O)CN(CC(=O)NCCOCCOC)C(Cc1ccc(OP(=O)([O-])C(C)C)cc1)C(=O)NCCOCCOC. The molecule has 16 nitrogen and oxygen atoms in total. The number of rotatable bonds is 29. The van der Waals surface area contributed by atoms with Crippen LogP contribution in [0.15, 0.2) is 24.3 Å². The van der Waals surface area contributed by atoms with Crippen molar-refractivity contribution in [2.24, 2.45) is 0 Å². The van der Waals surface area contributed by atoms with Gasteiger partial charge in [0.2, 0.25) is 17.7 Å². The average Bonchev–Trinajstić information content (AvgIpc) is 3.05. The molecule has 276 valence electrons. The molecule has 1 rings (SSSR count). The second kappa shape index (κ2) is 26.2. The Balaban J connectivity index is 3.14. The van der Waals surface area contributed by atoms with E-state index in [4.69, 9.17) is 32.9 Å². The summed E-state index contributed by atoms with van der Waals surface area (Å²) in [5.41, 5.74) is -0.0588. The molecule has 0 bridgehead atoms. The monoisotopic (exact) mass is 705 g/mol. The Labute approximate surface area is 284 Å². The first-order valence-electron chi connectivity index (χ1n) is 15.9. The molecule has 1 aromatic rings. The van der Waals surface area contributed by atoms with Crippen LogP contribution in [0.1, 0.15) is 19.4 Å². The fourth-order valence-electron chi connectivity index (χ4n) is 3.93. The van der Waals surface area contributed by atoms with E-state index < -0.39 is 37.0 Å².